The topological polar surface area (TPSA) is 60.9 Å². The van der Waals surface area contributed by atoms with Crippen LogP contribution >= 0.6 is 0 Å². The van der Waals surface area contributed by atoms with Crippen LogP contribution < -0.4 is 0 Å². The molecule has 1 amide bonds. The van der Waals surface area contributed by atoms with Gasteiger partial charge in [0, 0.05) is 20.1 Å². The number of likely N-dealkylation sites (N-methyl/N-ethyl adjacent to an activating group) is 2. The molecular formula is C10H18N2O3. The Bertz CT molecular complexity index is 255. The Morgan fingerprint density at radius 3 is 2.73 bits per heavy atom. The van der Waals surface area contributed by atoms with Crippen LogP contribution in [0.15, 0.2) is 0 Å². The molecule has 1 heterocycles. The van der Waals surface area contributed by atoms with Crippen LogP contribution in [0, 0.1) is 0 Å². The van der Waals surface area contributed by atoms with Gasteiger partial charge in [-0.05, 0) is 13.0 Å². The summed E-state index contributed by atoms with van der Waals surface area (Å²) in [5.74, 6) is -0.987. The minimum atomic E-state index is -0.915. The van der Waals surface area contributed by atoms with Crippen LogP contribution in [0.3, 0.4) is 0 Å². The summed E-state index contributed by atoms with van der Waals surface area (Å²) in [7, 11) is 1.73. The van der Waals surface area contributed by atoms with Gasteiger partial charge in [-0.15, -0.1) is 0 Å². The van der Waals surface area contributed by atoms with Gasteiger partial charge in [-0.2, -0.15) is 0 Å². The Morgan fingerprint density at radius 1 is 1.53 bits per heavy atom. The number of amides is 1. The van der Waals surface area contributed by atoms with Gasteiger partial charge in [0.25, 0.3) is 0 Å². The van der Waals surface area contributed by atoms with Gasteiger partial charge in [-0.3, -0.25) is 14.5 Å². The molecule has 1 unspecified atom stereocenters. The molecule has 0 bridgehead atoms. The fourth-order valence-corrected chi connectivity index (χ4v) is 1.95. The summed E-state index contributed by atoms with van der Waals surface area (Å²) in [5, 5.41) is 8.78. The zero-order chi connectivity index (χ0) is 11.4. The van der Waals surface area contributed by atoms with Gasteiger partial charge in [0.1, 0.15) is 0 Å². The highest BCUT2D eigenvalue weighted by Gasteiger charge is 2.31. The number of nitrogens with zero attached hydrogens (tertiary/aromatic N) is 2. The molecule has 1 rings (SSSR count). The fraction of sp³-hybridized carbons (Fsp3) is 0.800. The predicted octanol–water partition coefficient (Wildman–Crippen LogP) is 0.0137. The van der Waals surface area contributed by atoms with Gasteiger partial charge in [0.05, 0.1) is 12.5 Å². The second kappa shape index (κ2) is 5.11. The molecule has 86 valence electrons. The zero-order valence-corrected chi connectivity index (χ0v) is 9.27. The third-order valence-corrected chi connectivity index (χ3v) is 2.82. The van der Waals surface area contributed by atoms with Crippen LogP contribution in [-0.2, 0) is 9.59 Å². The number of hydrogen-bond acceptors (Lipinski definition) is 3. The SMILES string of the molecule is CCN1CCCN(C)C(=O)C1CC(=O)O. The average molecular weight is 214 g/mol. The maximum absolute atomic E-state index is 11.9. The zero-order valence-electron chi connectivity index (χ0n) is 9.27. The van der Waals surface area contributed by atoms with Gasteiger partial charge in [0.2, 0.25) is 5.91 Å². The predicted molar refractivity (Wildman–Crippen MR) is 55.5 cm³/mol. The van der Waals surface area contributed by atoms with E-state index in [4.69, 9.17) is 5.11 Å². The summed E-state index contributed by atoms with van der Waals surface area (Å²) in [4.78, 5) is 26.1. The molecule has 5 nitrogen and oxygen atoms in total. The standard InChI is InChI=1S/C10H18N2O3/c1-3-12-6-4-5-11(2)10(15)8(12)7-9(13)14/h8H,3-7H2,1-2H3,(H,13,14). The van der Waals surface area contributed by atoms with Crippen molar-refractivity contribution in [2.45, 2.75) is 25.8 Å². The quantitative estimate of drug-likeness (QED) is 0.719. The van der Waals surface area contributed by atoms with E-state index in [0.717, 1.165) is 19.5 Å². The molecule has 0 aromatic rings. The van der Waals surface area contributed by atoms with Crippen LogP contribution in [-0.4, -0.2) is 59.5 Å². The number of aliphatic carboxylic acids is 1. The lowest BCUT2D eigenvalue weighted by molar-refractivity contribution is -0.144. The van der Waals surface area contributed by atoms with Crippen molar-refractivity contribution >= 4 is 11.9 Å². The molecular weight excluding hydrogens is 196 g/mol. The summed E-state index contributed by atoms with van der Waals surface area (Å²) in [5.41, 5.74) is 0. The van der Waals surface area contributed by atoms with Crippen molar-refractivity contribution in [3.8, 4) is 0 Å². The lowest BCUT2D eigenvalue weighted by Crippen LogP contribution is -2.45. The third kappa shape index (κ3) is 2.92. The van der Waals surface area contributed by atoms with E-state index >= 15 is 0 Å². The number of hydrogen-bond donors (Lipinski definition) is 1. The van der Waals surface area contributed by atoms with E-state index in [9.17, 15) is 9.59 Å². The first-order chi connectivity index (χ1) is 7.06. The maximum Gasteiger partial charge on any atom is 0.305 e. The molecule has 1 N–H and O–H groups in total. The van der Waals surface area contributed by atoms with Crippen LogP contribution in [0.25, 0.3) is 0 Å². The molecule has 1 aliphatic heterocycles. The van der Waals surface area contributed by atoms with E-state index < -0.39 is 12.0 Å². The lowest BCUT2D eigenvalue weighted by Gasteiger charge is -2.27. The molecule has 0 saturated carbocycles. The van der Waals surface area contributed by atoms with E-state index in [1.54, 1.807) is 11.9 Å². The smallest absolute Gasteiger partial charge is 0.305 e. The molecule has 0 radical (unpaired) electrons. The molecule has 15 heavy (non-hydrogen) atoms. The second-order valence-corrected chi connectivity index (χ2v) is 3.86. The molecule has 1 saturated heterocycles. The van der Waals surface area contributed by atoms with E-state index in [1.807, 2.05) is 11.8 Å². The number of carboxylic acid groups (broad SMARTS) is 1. The summed E-state index contributed by atoms with van der Waals surface area (Å²) in [6, 6.07) is -0.486. The number of carbonyl (C=O) groups excluding carboxylic acids is 1. The Kier molecular flexibility index (Phi) is 4.08. The van der Waals surface area contributed by atoms with Gasteiger partial charge in [0.15, 0.2) is 0 Å². The highest BCUT2D eigenvalue weighted by Crippen LogP contribution is 2.13. The summed E-state index contributed by atoms with van der Waals surface area (Å²) < 4.78 is 0. The van der Waals surface area contributed by atoms with Crippen molar-refractivity contribution in [2.24, 2.45) is 0 Å². The van der Waals surface area contributed by atoms with E-state index in [-0.39, 0.29) is 12.3 Å². The molecule has 0 aromatic carbocycles. The van der Waals surface area contributed by atoms with Crippen molar-refractivity contribution in [1.82, 2.24) is 9.80 Å². The highest BCUT2D eigenvalue weighted by molar-refractivity contribution is 5.86. The number of carbonyl (C=O) groups is 2. The first-order valence-electron chi connectivity index (χ1n) is 5.27. The largest absolute Gasteiger partial charge is 0.481 e. The van der Waals surface area contributed by atoms with Crippen molar-refractivity contribution in [3.05, 3.63) is 0 Å². The molecule has 1 aliphatic rings. The highest BCUT2D eigenvalue weighted by atomic mass is 16.4. The van der Waals surface area contributed by atoms with Crippen molar-refractivity contribution < 1.29 is 14.7 Å². The van der Waals surface area contributed by atoms with E-state index in [1.165, 1.54) is 0 Å². The second-order valence-electron chi connectivity index (χ2n) is 3.86. The van der Waals surface area contributed by atoms with Crippen LogP contribution in [0.4, 0.5) is 0 Å². The Morgan fingerprint density at radius 2 is 2.20 bits per heavy atom. The molecule has 0 aromatic heterocycles. The molecule has 1 fully saturated rings. The lowest BCUT2D eigenvalue weighted by atomic mass is 10.1. The van der Waals surface area contributed by atoms with Gasteiger partial charge in [-0.25, -0.2) is 0 Å². The fourth-order valence-electron chi connectivity index (χ4n) is 1.95. The summed E-state index contributed by atoms with van der Waals surface area (Å²) >= 11 is 0. The summed E-state index contributed by atoms with van der Waals surface area (Å²) in [6.07, 6.45) is 0.809. The maximum atomic E-state index is 11.9. The molecule has 5 heteroatoms. The molecule has 0 spiro atoms. The van der Waals surface area contributed by atoms with Crippen molar-refractivity contribution in [1.29, 1.82) is 0 Å². The van der Waals surface area contributed by atoms with Crippen LogP contribution in [0.1, 0.15) is 19.8 Å². The average Bonchev–Trinajstić information content (AvgIpc) is 2.30. The van der Waals surface area contributed by atoms with Crippen molar-refractivity contribution in [3.63, 3.8) is 0 Å². The first kappa shape index (κ1) is 12.0. The van der Waals surface area contributed by atoms with E-state index in [0.29, 0.717) is 6.54 Å². The summed E-state index contributed by atoms with van der Waals surface area (Å²) in [6.45, 7) is 4.18. The minimum Gasteiger partial charge on any atom is -0.481 e. The van der Waals surface area contributed by atoms with Gasteiger partial charge < -0.3 is 10.0 Å². The Balaban J connectivity index is 2.79. The normalized spacial score (nSPS) is 24.0. The van der Waals surface area contributed by atoms with E-state index in [2.05, 4.69) is 0 Å². The monoisotopic (exact) mass is 214 g/mol. The van der Waals surface area contributed by atoms with Crippen molar-refractivity contribution in [2.75, 3.05) is 26.7 Å². The molecule has 1 atom stereocenters. The number of rotatable bonds is 3. The van der Waals surface area contributed by atoms with Gasteiger partial charge in [-0.1, -0.05) is 6.92 Å². The Labute approximate surface area is 89.7 Å². The first-order valence-corrected chi connectivity index (χ1v) is 5.27. The minimum absolute atomic E-state index is 0.0725. The number of carboxylic acids is 1. The Hall–Kier alpha value is -1.10. The van der Waals surface area contributed by atoms with Crippen LogP contribution in [0.5, 0.6) is 0 Å². The third-order valence-electron chi connectivity index (χ3n) is 2.82. The van der Waals surface area contributed by atoms with Gasteiger partial charge >= 0.3 is 5.97 Å². The molecule has 0 aliphatic carbocycles. The van der Waals surface area contributed by atoms with Crippen LogP contribution in [0.2, 0.25) is 0 Å².